The minimum atomic E-state index is -1.81. The van der Waals surface area contributed by atoms with Gasteiger partial charge in [-0.3, -0.25) is 4.90 Å². The molecule has 2 atom stereocenters. The highest BCUT2D eigenvalue weighted by Crippen LogP contribution is 2.55. The van der Waals surface area contributed by atoms with Crippen LogP contribution in [0.1, 0.15) is 46.1 Å². The molecule has 50 heavy (non-hydrogen) atoms. The van der Waals surface area contributed by atoms with Crippen molar-refractivity contribution < 1.29 is 33.3 Å². The fourth-order valence-corrected chi connectivity index (χ4v) is 8.27. The van der Waals surface area contributed by atoms with Crippen LogP contribution in [0.5, 0.6) is 0 Å². The minimum absolute atomic E-state index is 0.0309. The molecule has 1 aliphatic heterocycles. The molecule has 1 heterocycles. The molecule has 3 aliphatic rings. The SMILES string of the molecule is COC(=O)N1CCC(OCc2ccccc2)[C@]1(C(=O)OC(=O)OCC1c2ccccc2-c2ccccc21)C1c2ccccc2-c2ccccc21. The topological polar surface area (TPSA) is 91.4 Å². The van der Waals surface area contributed by atoms with Crippen LogP contribution in [0.3, 0.4) is 0 Å². The van der Waals surface area contributed by atoms with Crippen molar-refractivity contribution in [1.82, 2.24) is 4.90 Å². The van der Waals surface area contributed by atoms with Gasteiger partial charge in [0.2, 0.25) is 0 Å². The van der Waals surface area contributed by atoms with Crippen LogP contribution in [0.15, 0.2) is 127 Å². The summed E-state index contributed by atoms with van der Waals surface area (Å²) in [5, 5.41) is 0. The molecular formula is C42H35NO7. The van der Waals surface area contributed by atoms with Gasteiger partial charge in [0.05, 0.1) is 19.8 Å². The highest BCUT2D eigenvalue weighted by molar-refractivity contribution is 5.97. The van der Waals surface area contributed by atoms with Crippen molar-refractivity contribution in [3.05, 3.63) is 155 Å². The lowest BCUT2D eigenvalue weighted by molar-refractivity contribution is -0.161. The molecule has 1 amide bonds. The predicted molar refractivity (Wildman–Crippen MR) is 186 cm³/mol. The van der Waals surface area contributed by atoms with Gasteiger partial charge < -0.3 is 18.9 Å². The van der Waals surface area contributed by atoms with E-state index in [-0.39, 0.29) is 25.7 Å². The molecule has 0 spiro atoms. The Hall–Kier alpha value is -5.73. The predicted octanol–water partition coefficient (Wildman–Crippen LogP) is 8.09. The van der Waals surface area contributed by atoms with Gasteiger partial charge in [0, 0.05) is 18.4 Å². The molecule has 5 aromatic carbocycles. The maximum absolute atomic E-state index is 15.0. The number of benzene rings is 5. The standard InChI is InChI=1S/C42H35NO7/c1-47-40(45)43-24-23-37(48-25-27-13-3-2-4-14-27)42(43,38-34-21-11-9-17-30(34)31-18-10-12-22-35(31)38)39(44)50-41(46)49-26-36-32-19-7-5-15-28(32)29-16-6-8-20-33(29)36/h2-22,36-38H,23-26H2,1H3/t37?,42-/m1/s1. The normalized spacial score (nSPS) is 18.9. The summed E-state index contributed by atoms with van der Waals surface area (Å²) in [7, 11) is 1.28. The number of ether oxygens (including phenoxy) is 4. The number of esters is 1. The van der Waals surface area contributed by atoms with E-state index in [1.165, 1.54) is 12.0 Å². The summed E-state index contributed by atoms with van der Waals surface area (Å²) in [5.74, 6) is -1.90. The third-order valence-electron chi connectivity index (χ3n) is 10.3. The Kier molecular flexibility index (Phi) is 8.17. The number of hydrogen-bond acceptors (Lipinski definition) is 7. The van der Waals surface area contributed by atoms with Gasteiger partial charge in [-0.05, 0) is 56.5 Å². The van der Waals surface area contributed by atoms with E-state index in [4.69, 9.17) is 18.9 Å². The molecule has 2 aliphatic carbocycles. The smallest absolute Gasteiger partial charge is 0.453 e. The average molecular weight is 666 g/mol. The third-order valence-corrected chi connectivity index (χ3v) is 10.3. The van der Waals surface area contributed by atoms with Crippen LogP contribution >= 0.6 is 0 Å². The maximum Gasteiger partial charge on any atom is 0.516 e. The van der Waals surface area contributed by atoms with Gasteiger partial charge >= 0.3 is 18.2 Å². The first kappa shape index (κ1) is 31.5. The zero-order valence-corrected chi connectivity index (χ0v) is 27.5. The second kappa shape index (κ2) is 12.9. The van der Waals surface area contributed by atoms with Crippen LogP contribution in [0, 0.1) is 0 Å². The lowest BCUT2D eigenvalue weighted by Gasteiger charge is -2.43. The first-order valence-electron chi connectivity index (χ1n) is 16.8. The van der Waals surface area contributed by atoms with E-state index in [9.17, 15) is 14.4 Å². The van der Waals surface area contributed by atoms with Crippen molar-refractivity contribution in [2.75, 3.05) is 20.3 Å². The Labute approximate surface area is 290 Å². The number of hydrogen-bond donors (Lipinski definition) is 0. The van der Waals surface area contributed by atoms with Crippen molar-refractivity contribution in [1.29, 1.82) is 0 Å². The lowest BCUT2D eigenvalue weighted by Crippen LogP contribution is -2.63. The van der Waals surface area contributed by atoms with Crippen LogP contribution in [-0.4, -0.2) is 55.0 Å². The fraction of sp³-hybridized carbons (Fsp3) is 0.214. The summed E-state index contributed by atoms with van der Waals surface area (Å²) in [6.45, 7) is 0.292. The fourth-order valence-electron chi connectivity index (χ4n) is 8.27. The van der Waals surface area contributed by atoms with Gasteiger partial charge in [-0.15, -0.1) is 0 Å². The lowest BCUT2D eigenvalue weighted by atomic mass is 9.74. The molecule has 5 aromatic rings. The van der Waals surface area contributed by atoms with Crippen molar-refractivity contribution in [2.24, 2.45) is 0 Å². The zero-order chi connectivity index (χ0) is 34.2. The summed E-state index contributed by atoms with van der Waals surface area (Å²) in [4.78, 5) is 43.7. The van der Waals surface area contributed by atoms with Gasteiger partial charge in [-0.1, -0.05) is 127 Å². The van der Waals surface area contributed by atoms with Crippen LogP contribution in [-0.2, 0) is 30.3 Å². The molecule has 1 fully saturated rings. The number of rotatable bonds is 7. The third kappa shape index (κ3) is 5.06. The molecule has 0 N–H and O–H groups in total. The van der Waals surface area contributed by atoms with Crippen molar-refractivity contribution in [2.45, 2.75) is 36.5 Å². The van der Waals surface area contributed by atoms with E-state index in [2.05, 4.69) is 0 Å². The maximum atomic E-state index is 15.0. The van der Waals surface area contributed by atoms with Gasteiger partial charge in [0.25, 0.3) is 0 Å². The molecule has 0 aromatic heterocycles. The van der Waals surface area contributed by atoms with E-state index in [0.717, 1.165) is 50.1 Å². The molecule has 1 saturated heterocycles. The summed E-state index contributed by atoms with van der Waals surface area (Å²) in [6.07, 6.45) is -2.42. The highest BCUT2D eigenvalue weighted by Gasteiger charge is 2.66. The van der Waals surface area contributed by atoms with Gasteiger partial charge in [0.1, 0.15) is 6.61 Å². The monoisotopic (exact) mass is 665 g/mol. The summed E-state index contributed by atoms with van der Waals surface area (Å²) in [6, 6.07) is 41.2. The van der Waals surface area contributed by atoms with E-state index < -0.39 is 35.8 Å². The Balaban J connectivity index is 1.17. The largest absolute Gasteiger partial charge is 0.516 e. The highest BCUT2D eigenvalue weighted by atomic mass is 16.7. The molecule has 8 rings (SSSR count). The van der Waals surface area contributed by atoms with Crippen LogP contribution in [0.4, 0.5) is 9.59 Å². The average Bonchev–Trinajstić information content (AvgIpc) is 3.81. The first-order valence-corrected chi connectivity index (χ1v) is 16.8. The van der Waals surface area contributed by atoms with E-state index in [1.54, 1.807) is 0 Å². The molecule has 8 heteroatoms. The van der Waals surface area contributed by atoms with Crippen molar-refractivity contribution in [3.63, 3.8) is 0 Å². The second-order valence-electron chi connectivity index (χ2n) is 12.8. The molecular weight excluding hydrogens is 630 g/mol. The number of amides is 1. The van der Waals surface area contributed by atoms with Crippen molar-refractivity contribution in [3.8, 4) is 22.3 Å². The van der Waals surface area contributed by atoms with Gasteiger partial charge in [0.15, 0.2) is 5.54 Å². The van der Waals surface area contributed by atoms with Crippen LogP contribution in [0.2, 0.25) is 0 Å². The zero-order valence-electron chi connectivity index (χ0n) is 27.5. The number of fused-ring (bicyclic) bond motifs is 6. The van der Waals surface area contributed by atoms with E-state index in [1.807, 2.05) is 127 Å². The minimum Gasteiger partial charge on any atom is -0.453 e. The van der Waals surface area contributed by atoms with Gasteiger partial charge in [-0.2, -0.15) is 0 Å². The number of carbonyl (C=O) groups excluding carboxylic acids is 3. The summed E-state index contributed by atoms with van der Waals surface area (Å²) < 4.78 is 23.3. The van der Waals surface area contributed by atoms with Crippen LogP contribution < -0.4 is 0 Å². The van der Waals surface area contributed by atoms with Gasteiger partial charge in [-0.25, -0.2) is 14.4 Å². The number of methoxy groups -OCH3 is 1. The molecule has 1 unspecified atom stereocenters. The Morgan fingerprint density at radius 3 is 1.74 bits per heavy atom. The number of nitrogens with zero attached hydrogens (tertiary/aromatic N) is 1. The number of carbonyl (C=O) groups is 3. The Morgan fingerprint density at radius 1 is 0.680 bits per heavy atom. The Bertz CT molecular complexity index is 2000. The van der Waals surface area contributed by atoms with E-state index in [0.29, 0.717) is 6.42 Å². The number of likely N-dealkylation sites (tertiary alicyclic amines) is 1. The second-order valence-corrected chi connectivity index (χ2v) is 12.8. The van der Waals surface area contributed by atoms with E-state index >= 15 is 0 Å². The molecule has 0 bridgehead atoms. The molecule has 8 nitrogen and oxygen atoms in total. The quantitative estimate of drug-likeness (QED) is 0.128. The summed E-state index contributed by atoms with van der Waals surface area (Å²) in [5.41, 5.74) is 6.82. The Morgan fingerprint density at radius 2 is 1.18 bits per heavy atom. The molecule has 0 radical (unpaired) electrons. The summed E-state index contributed by atoms with van der Waals surface area (Å²) >= 11 is 0. The molecule has 250 valence electrons. The first-order chi connectivity index (χ1) is 24.5. The van der Waals surface area contributed by atoms with Crippen LogP contribution in [0.25, 0.3) is 22.3 Å². The molecule has 0 saturated carbocycles. The van der Waals surface area contributed by atoms with Crippen molar-refractivity contribution >= 4 is 18.2 Å².